The minimum atomic E-state index is -0.388. The zero-order chi connectivity index (χ0) is 18.5. The molecule has 0 unspecified atom stereocenters. The molecule has 27 heavy (non-hydrogen) atoms. The van der Waals surface area contributed by atoms with E-state index in [2.05, 4.69) is 44.0 Å². The van der Waals surface area contributed by atoms with Gasteiger partial charge < -0.3 is 4.98 Å². The number of rotatable bonds is 2. The predicted octanol–water partition coefficient (Wildman–Crippen LogP) is 3.62. The Bertz CT molecular complexity index is 1060. The van der Waals surface area contributed by atoms with E-state index in [1.165, 1.54) is 15.8 Å². The van der Waals surface area contributed by atoms with Gasteiger partial charge in [-0.3, -0.25) is 14.5 Å². The third-order valence-electron chi connectivity index (χ3n) is 5.56. The van der Waals surface area contributed by atoms with Gasteiger partial charge in [0.25, 0.3) is 5.91 Å². The normalized spacial score (nSPS) is 20.5. The van der Waals surface area contributed by atoms with Crippen LogP contribution in [0.4, 0.5) is 5.69 Å². The lowest BCUT2D eigenvalue weighted by Gasteiger charge is -2.30. The molecule has 0 radical (unpaired) electrons. The molecule has 2 amide bonds. The fourth-order valence-corrected chi connectivity index (χ4v) is 4.51. The van der Waals surface area contributed by atoms with Crippen LogP contribution < -0.4 is 4.90 Å². The summed E-state index contributed by atoms with van der Waals surface area (Å²) < 4.78 is 0.921. The highest BCUT2D eigenvalue weighted by Gasteiger charge is 2.43. The van der Waals surface area contributed by atoms with E-state index >= 15 is 0 Å². The molecule has 5 rings (SSSR count). The van der Waals surface area contributed by atoms with E-state index in [4.69, 9.17) is 0 Å². The number of hydrogen-bond acceptors (Lipinski definition) is 3. The van der Waals surface area contributed by atoms with Gasteiger partial charge in [0.15, 0.2) is 0 Å². The van der Waals surface area contributed by atoms with Crippen LogP contribution in [0.5, 0.6) is 0 Å². The molecule has 3 aromatic rings. The van der Waals surface area contributed by atoms with Crippen molar-refractivity contribution in [2.45, 2.75) is 25.4 Å². The number of nitrogens with one attached hydrogen (secondary N) is 1. The van der Waals surface area contributed by atoms with E-state index in [9.17, 15) is 9.59 Å². The molecule has 1 atom stereocenters. The molecular weight excluding hydrogens is 406 g/mol. The number of anilines is 1. The highest BCUT2D eigenvalue weighted by molar-refractivity contribution is 9.10. The maximum atomic E-state index is 13.0. The Morgan fingerprint density at radius 3 is 2.63 bits per heavy atom. The topological polar surface area (TPSA) is 56.4 Å². The molecule has 0 bridgehead atoms. The molecule has 0 aliphatic carbocycles. The van der Waals surface area contributed by atoms with Gasteiger partial charge in [0, 0.05) is 34.2 Å². The molecule has 0 spiro atoms. The molecule has 5 nitrogen and oxygen atoms in total. The second kappa shape index (κ2) is 6.32. The molecule has 136 valence electrons. The summed E-state index contributed by atoms with van der Waals surface area (Å²) in [5.74, 6) is -0.253. The molecule has 1 fully saturated rings. The first kappa shape index (κ1) is 16.7. The van der Waals surface area contributed by atoms with Crippen molar-refractivity contribution in [1.29, 1.82) is 0 Å². The molecule has 2 aromatic carbocycles. The molecule has 0 saturated carbocycles. The number of hydrogen-bond donors (Lipinski definition) is 1. The lowest BCUT2D eigenvalue weighted by atomic mass is 10.0. The maximum absolute atomic E-state index is 13.0. The van der Waals surface area contributed by atoms with E-state index in [0.717, 1.165) is 28.6 Å². The van der Waals surface area contributed by atoms with Gasteiger partial charge in [-0.2, -0.15) is 0 Å². The lowest BCUT2D eigenvalue weighted by Crippen LogP contribution is -2.44. The van der Waals surface area contributed by atoms with Gasteiger partial charge in [0.1, 0.15) is 0 Å². The van der Waals surface area contributed by atoms with E-state index < -0.39 is 0 Å². The summed E-state index contributed by atoms with van der Waals surface area (Å²) in [6, 6.07) is 15.2. The number of H-pyrrole nitrogens is 1. The fourth-order valence-electron chi connectivity index (χ4n) is 4.24. The van der Waals surface area contributed by atoms with Crippen molar-refractivity contribution in [1.82, 2.24) is 9.88 Å². The first-order valence-electron chi connectivity index (χ1n) is 9.07. The Morgan fingerprint density at radius 1 is 1.04 bits per heavy atom. The number of fused-ring (bicyclic) bond motifs is 3. The second-order valence-corrected chi connectivity index (χ2v) is 8.03. The monoisotopic (exact) mass is 423 g/mol. The van der Waals surface area contributed by atoms with E-state index in [1.54, 1.807) is 12.1 Å². The first-order chi connectivity index (χ1) is 13.1. The number of amides is 2. The summed E-state index contributed by atoms with van der Waals surface area (Å²) in [6.45, 7) is 1.45. The minimum Gasteiger partial charge on any atom is -0.357 e. The molecule has 1 saturated heterocycles. The Hall–Kier alpha value is -2.44. The van der Waals surface area contributed by atoms with Crippen LogP contribution in [0.2, 0.25) is 0 Å². The highest BCUT2D eigenvalue weighted by atomic mass is 79.9. The Balaban J connectivity index is 1.41. The molecule has 2 aliphatic heterocycles. The number of aromatic nitrogens is 1. The van der Waals surface area contributed by atoms with Crippen LogP contribution in [-0.4, -0.2) is 34.3 Å². The van der Waals surface area contributed by atoms with Crippen LogP contribution in [0, 0.1) is 0 Å². The van der Waals surface area contributed by atoms with Crippen molar-refractivity contribution in [3.8, 4) is 0 Å². The zero-order valence-corrected chi connectivity index (χ0v) is 16.2. The average Bonchev–Trinajstić information content (AvgIpc) is 3.19. The lowest BCUT2D eigenvalue weighted by molar-refractivity contribution is -0.123. The third kappa shape index (κ3) is 2.71. The fraction of sp³-hybridized carbons (Fsp3) is 0.238. The highest BCUT2D eigenvalue weighted by Crippen LogP contribution is 2.32. The SMILES string of the molecule is O=C1C[C@@H](N2CCc3c([nH]c4ccccc34)C2)C(=O)N1c1ccc(Br)cc1. The van der Waals surface area contributed by atoms with E-state index in [-0.39, 0.29) is 24.3 Å². The number of carbonyl (C=O) groups is 2. The number of carbonyl (C=O) groups excluding carboxylic acids is 2. The largest absolute Gasteiger partial charge is 0.357 e. The van der Waals surface area contributed by atoms with Crippen LogP contribution in [0.3, 0.4) is 0 Å². The summed E-state index contributed by atoms with van der Waals surface area (Å²) in [6.07, 6.45) is 1.13. The van der Waals surface area contributed by atoms with Gasteiger partial charge in [0.05, 0.1) is 18.2 Å². The van der Waals surface area contributed by atoms with Crippen molar-refractivity contribution in [3.63, 3.8) is 0 Å². The number of aromatic amines is 1. The Kier molecular flexibility index (Phi) is 3.91. The molecular formula is C21H18BrN3O2. The molecule has 1 N–H and O–H groups in total. The van der Waals surface area contributed by atoms with E-state index in [1.807, 2.05) is 18.2 Å². The number of benzene rings is 2. The van der Waals surface area contributed by atoms with Crippen LogP contribution in [0.25, 0.3) is 10.9 Å². The van der Waals surface area contributed by atoms with Gasteiger partial charge in [-0.15, -0.1) is 0 Å². The summed E-state index contributed by atoms with van der Waals surface area (Å²) in [5, 5.41) is 1.26. The third-order valence-corrected chi connectivity index (χ3v) is 6.09. The molecule has 6 heteroatoms. The van der Waals surface area contributed by atoms with Gasteiger partial charge in [-0.05, 0) is 42.3 Å². The Labute approximate surface area is 165 Å². The number of nitrogens with zero attached hydrogens (tertiary/aromatic N) is 2. The van der Waals surface area contributed by atoms with Gasteiger partial charge >= 0.3 is 0 Å². The van der Waals surface area contributed by atoms with Gasteiger partial charge in [-0.25, -0.2) is 4.90 Å². The van der Waals surface area contributed by atoms with Crippen molar-refractivity contribution in [3.05, 3.63) is 64.3 Å². The maximum Gasteiger partial charge on any atom is 0.251 e. The Morgan fingerprint density at radius 2 is 1.81 bits per heavy atom. The smallest absolute Gasteiger partial charge is 0.251 e. The second-order valence-electron chi connectivity index (χ2n) is 7.11. The standard InChI is InChI=1S/C21H18BrN3O2/c22-13-5-7-14(8-6-13)25-20(26)11-19(21(25)27)24-10-9-16-15-3-1-2-4-17(15)23-18(16)12-24/h1-8,19,23H,9-12H2/t19-/m1/s1. The summed E-state index contributed by atoms with van der Waals surface area (Å²) >= 11 is 3.39. The molecule has 3 heterocycles. The van der Waals surface area contributed by atoms with Crippen LogP contribution in [0.1, 0.15) is 17.7 Å². The first-order valence-corrected chi connectivity index (χ1v) is 9.86. The average molecular weight is 424 g/mol. The van der Waals surface area contributed by atoms with Gasteiger partial charge in [-0.1, -0.05) is 34.1 Å². The van der Waals surface area contributed by atoms with Crippen molar-refractivity contribution < 1.29 is 9.59 Å². The number of halogens is 1. The number of para-hydroxylation sites is 1. The predicted molar refractivity (Wildman–Crippen MR) is 107 cm³/mol. The quantitative estimate of drug-likeness (QED) is 0.640. The van der Waals surface area contributed by atoms with Crippen LogP contribution in [-0.2, 0) is 22.6 Å². The minimum absolute atomic E-state index is 0.123. The number of imide groups is 1. The van der Waals surface area contributed by atoms with E-state index in [0.29, 0.717) is 12.2 Å². The molecule has 1 aromatic heterocycles. The molecule has 2 aliphatic rings. The summed E-state index contributed by atoms with van der Waals surface area (Å²) in [5.41, 5.74) is 4.27. The van der Waals surface area contributed by atoms with Gasteiger partial charge in [0.2, 0.25) is 5.91 Å². The van der Waals surface area contributed by atoms with Crippen molar-refractivity contribution >= 4 is 44.3 Å². The summed E-state index contributed by atoms with van der Waals surface area (Å²) in [4.78, 5) is 32.5. The summed E-state index contributed by atoms with van der Waals surface area (Å²) in [7, 11) is 0. The van der Waals surface area contributed by atoms with Crippen LogP contribution >= 0.6 is 15.9 Å². The van der Waals surface area contributed by atoms with Crippen molar-refractivity contribution in [2.75, 3.05) is 11.4 Å². The van der Waals surface area contributed by atoms with Crippen LogP contribution in [0.15, 0.2) is 53.0 Å². The van der Waals surface area contributed by atoms with Crippen molar-refractivity contribution in [2.24, 2.45) is 0 Å². The zero-order valence-electron chi connectivity index (χ0n) is 14.6.